The van der Waals surface area contributed by atoms with Gasteiger partial charge in [-0.1, -0.05) is 59.6 Å². The number of carboxylic acid groups (broad SMARTS) is 1. The molecule has 1 N–H and O–H groups in total. The van der Waals surface area contributed by atoms with E-state index in [2.05, 4.69) is 34.1 Å². The van der Waals surface area contributed by atoms with Crippen LogP contribution in [0.2, 0.25) is 10.0 Å². The minimum atomic E-state index is -0.949. The summed E-state index contributed by atoms with van der Waals surface area (Å²) in [6, 6.07) is 16.3. The summed E-state index contributed by atoms with van der Waals surface area (Å²) in [6.07, 6.45) is 3.91. The fourth-order valence-electron chi connectivity index (χ4n) is 3.61. The van der Waals surface area contributed by atoms with E-state index in [-0.39, 0.29) is 12.6 Å². The summed E-state index contributed by atoms with van der Waals surface area (Å²) in [5.74, 6) is -0.949. The second-order valence-electron chi connectivity index (χ2n) is 7.22. The zero-order valence-corrected chi connectivity index (χ0v) is 18.2. The molecule has 0 aromatic heterocycles. The van der Waals surface area contributed by atoms with Crippen molar-refractivity contribution in [1.82, 2.24) is 9.80 Å². The molecule has 0 spiro atoms. The molecule has 5 nitrogen and oxygen atoms in total. The second kappa shape index (κ2) is 11.5. The molecule has 1 heterocycles. The summed E-state index contributed by atoms with van der Waals surface area (Å²) >= 11 is 12.2. The van der Waals surface area contributed by atoms with Gasteiger partial charge in [-0.15, -0.1) is 0 Å². The predicted molar refractivity (Wildman–Crippen MR) is 120 cm³/mol. The molecule has 7 heteroatoms. The summed E-state index contributed by atoms with van der Waals surface area (Å²) in [5, 5.41) is 10.0. The number of aliphatic carboxylic acids is 1. The van der Waals surface area contributed by atoms with Crippen molar-refractivity contribution in [2.24, 2.45) is 0 Å². The number of hydrogen-bond donors (Lipinski definition) is 1. The summed E-state index contributed by atoms with van der Waals surface area (Å²) < 4.78 is 5.02. The van der Waals surface area contributed by atoms with E-state index in [1.807, 2.05) is 36.4 Å². The second-order valence-corrected chi connectivity index (χ2v) is 8.10. The maximum absolute atomic E-state index is 10.4. The molecule has 0 amide bonds. The van der Waals surface area contributed by atoms with Crippen LogP contribution in [0.25, 0.3) is 0 Å². The molecule has 160 valence electrons. The highest BCUT2D eigenvalue weighted by atomic mass is 35.5. The van der Waals surface area contributed by atoms with Gasteiger partial charge >= 0.3 is 5.97 Å². The van der Waals surface area contributed by atoms with Crippen molar-refractivity contribution >= 4 is 29.2 Å². The van der Waals surface area contributed by atoms with E-state index >= 15 is 0 Å². The number of carboxylic acids is 1. The van der Waals surface area contributed by atoms with Crippen molar-refractivity contribution in [3.8, 4) is 0 Å². The highest BCUT2D eigenvalue weighted by Crippen LogP contribution is 2.31. The molecule has 0 bridgehead atoms. The molecule has 3 rings (SSSR count). The van der Waals surface area contributed by atoms with Gasteiger partial charge in [0.1, 0.15) is 6.61 Å². The van der Waals surface area contributed by atoms with Crippen LogP contribution < -0.4 is 0 Å². The Labute approximate surface area is 187 Å². The van der Waals surface area contributed by atoms with Crippen LogP contribution in [-0.4, -0.2) is 66.8 Å². The van der Waals surface area contributed by atoms with Gasteiger partial charge in [-0.25, -0.2) is 4.79 Å². The first-order valence-corrected chi connectivity index (χ1v) is 10.7. The molecule has 0 atom stereocenters. The van der Waals surface area contributed by atoms with Gasteiger partial charge in [-0.05, 0) is 35.4 Å². The predicted octanol–water partition coefficient (Wildman–Crippen LogP) is 4.36. The van der Waals surface area contributed by atoms with Gasteiger partial charge in [-0.2, -0.15) is 0 Å². The van der Waals surface area contributed by atoms with E-state index in [9.17, 15) is 4.79 Å². The summed E-state index contributed by atoms with van der Waals surface area (Å²) in [6.45, 7) is 4.69. The monoisotopic (exact) mass is 448 g/mol. The highest BCUT2D eigenvalue weighted by Gasteiger charge is 2.26. The Morgan fingerprint density at radius 2 is 1.47 bits per heavy atom. The Hall–Kier alpha value is -1.89. The Morgan fingerprint density at radius 3 is 1.97 bits per heavy atom. The van der Waals surface area contributed by atoms with Crippen LogP contribution in [0.3, 0.4) is 0 Å². The van der Waals surface area contributed by atoms with Gasteiger partial charge in [0.25, 0.3) is 0 Å². The number of piperazine rings is 1. The number of ether oxygens (including phenoxy) is 1. The summed E-state index contributed by atoms with van der Waals surface area (Å²) in [7, 11) is 0. The van der Waals surface area contributed by atoms with Crippen molar-refractivity contribution in [3.63, 3.8) is 0 Å². The van der Waals surface area contributed by atoms with Crippen LogP contribution >= 0.6 is 23.2 Å². The fraction of sp³-hybridized carbons (Fsp3) is 0.348. The lowest BCUT2D eigenvalue weighted by Gasteiger charge is -2.39. The fourth-order valence-corrected chi connectivity index (χ4v) is 3.87. The van der Waals surface area contributed by atoms with Crippen molar-refractivity contribution < 1.29 is 14.6 Å². The first kappa shape index (κ1) is 22.8. The zero-order valence-electron chi connectivity index (χ0n) is 16.7. The third-order valence-electron chi connectivity index (χ3n) is 5.11. The minimum absolute atomic E-state index is 0.154. The number of halogens is 2. The normalized spacial score (nSPS) is 15.8. The molecule has 0 aliphatic carbocycles. The molecular weight excluding hydrogens is 423 g/mol. The highest BCUT2D eigenvalue weighted by molar-refractivity contribution is 6.30. The van der Waals surface area contributed by atoms with Crippen molar-refractivity contribution in [2.75, 3.05) is 45.9 Å². The average molecular weight is 449 g/mol. The van der Waals surface area contributed by atoms with Crippen LogP contribution in [0, 0.1) is 0 Å². The molecule has 2 aromatic rings. The largest absolute Gasteiger partial charge is 0.480 e. The van der Waals surface area contributed by atoms with Crippen LogP contribution in [0.5, 0.6) is 0 Å². The van der Waals surface area contributed by atoms with Crippen LogP contribution in [0.15, 0.2) is 60.7 Å². The van der Waals surface area contributed by atoms with Crippen LogP contribution in [-0.2, 0) is 9.53 Å². The van der Waals surface area contributed by atoms with Crippen LogP contribution in [0.1, 0.15) is 17.2 Å². The molecule has 2 aromatic carbocycles. The van der Waals surface area contributed by atoms with Gasteiger partial charge in [0.15, 0.2) is 0 Å². The van der Waals surface area contributed by atoms with E-state index in [4.69, 9.17) is 33.0 Å². The lowest BCUT2D eigenvalue weighted by molar-refractivity contribution is -0.141. The molecule has 0 saturated carbocycles. The first-order chi connectivity index (χ1) is 14.5. The first-order valence-electron chi connectivity index (χ1n) is 9.95. The van der Waals surface area contributed by atoms with Gasteiger partial charge in [-0.3, -0.25) is 9.80 Å². The lowest BCUT2D eigenvalue weighted by Crippen LogP contribution is -2.47. The van der Waals surface area contributed by atoms with Crippen LogP contribution in [0.4, 0.5) is 0 Å². The maximum Gasteiger partial charge on any atom is 0.329 e. The average Bonchev–Trinajstić information content (AvgIpc) is 2.74. The molecule has 30 heavy (non-hydrogen) atoms. The van der Waals surface area contributed by atoms with E-state index < -0.39 is 5.97 Å². The van der Waals surface area contributed by atoms with Gasteiger partial charge in [0, 0.05) is 42.8 Å². The molecule has 1 saturated heterocycles. The SMILES string of the molecule is O=C(O)COCC=CCN1CCN(C(c2ccc(Cl)cc2)c2ccc(Cl)cc2)CC1. The van der Waals surface area contributed by atoms with E-state index in [1.165, 1.54) is 11.1 Å². The molecule has 0 unspecified atom stereocenters. The Kier molecular flexibility index (Phi) is 8.73. The Bertz CT molecular complexity index is 787. The number of benzene rings is 2. The van der Waals surface area contributed by atoms with Gasteiger partial charge in [0.05, 0.1) is 12.6 Å². The van der Waals surface area contributed by atoms with E-state index in [1.54, 1.807) is 0 Å². The molecule has 1 fully saturated rings. The number of nitrogens with zero attached hydrogens (tertiary/aromatic N) is 2. The lowest BCUT2D eigenvalue weighted by atomic mass is 9.96. The quantitative estimate of drug-likeness (QED) is 0.456. The molecule has 1 aliphatic heterocycles. The van der Waals surface area contributed by atoms with E-state index in [0.717, 1.165) is 42.8 Å². The molecule has 1 aliphatic rings. The van der Waals surface area contributed by atoms with E-state index in [0.29, 0.717) is 6.61 Å². The summed E-state index contributed by atoms with van der Waals surface area (Å²) in [4.78, 5) is 15.3. The molecular formula is C23H26Cl2N2O3. The third-order valence-corrected chi connectivity index (χ3v) is 5.62. The number of hydrogen-bond acceptors (Lipinski definition) is 4. The minimum Gasteiger partial charge on any atom is -0.480 e. The number of rotatable bonds is 9. The topological polar surface area (TPSA) is 53.0 Å². The standard InChI is InChI=1S/C23H26Cl2N2O3/c24-20-7-3-18(4-8-20)23(19-5-9-21(25)10-6-19)27-14-12-26(13-15-27)11-1-2-16-30-17-22(28)29/h1-10,23H,11-17H2,(H,28,29). The number of carbonyl (C=O) groups is 1. The molecule has 0 radical (unpaired) electrons. The van der Waals surface area contributed by atoms with Gasteiger partial charge in [0.2, 0.25) is 0 Å². The Balaban J connectivity index is 1.60. The summed E-state index contributed by atoms with van der Waals surface area (Å²) in [5.41, 5.74) is 2.43. The van der Waals surface area contributed by atoms with Crippen molar-refractivity contribution in [3.05, 3.63) is 81.9 Å². The third kappa shape index (κ3) is 6.83. The smallest absolute Gasteiger partial charge is 0.329 e. The Morgan fingerprint density at radius 1 is 0.933 bits per heavy atom. The van der Waals surface area contributed by atoms with Gasteiger partial charge < -0.3 is 9.84 Å². The van der Waals surface area contributed by atoms with Crippen molar-refractivity contribution in [2.45, 2.75) is 6.04 Å². The zero-order chi connectivity index (χ0) is 21.3. The maximum atomic E-state index is 10.4. The van der Waals surface area contributed by atoms with Crippen molar-refractivity contribution in [1.29, 1.82) is 0 Å².